The van der Waals surface area contributed by atoms with E-state index in [-0.39, 0.29) is 5.91 Å². The second-order valence-corrected chi connectivity index (χ2v) is 4.12. The van der Waals surface area contributed by atoms with Crippen molar-refractivity contribution in [1.82, 2.24) is 9.78 Å². The van der Waals surface area contributed by atoms with Crippen molar-refractivity contribution in [3.8, 4) is 0 Å². The van der Waals surface area contributed by atoms with E-state index in [4.69, 9.17) is 5.73 Å². The number of rotatable bonds is 4. The summed E-state index contributed by atoms with van der Waals surface area (Å²) in [6, 6.07) is -0.501. The summed E-state index contributed by atoms with van der Waals surface area (Å²) in [5.41, 5.74) is 6.12. The van der Waals surface area contributed by atoms with Gasteiger partial charge < -0.3 is 11.1 Å². The monoisotopic (exact) mass is 210 g/mol. The van der Waals surface area contributed by atoms with Crippen molar-refractivity contribution < 1.29 is 4.79 Å². The van der Waals surface area contributed by atoms with Gasteiger partial charge in [0.15, 0.2) is 0 Å². The van der Waals surface area contributed by atoms with Gasteiger partial charge in [0.05, 0.1) is 17.9 Å². The van der Waals surface area contributed by atoms with Gasteiger partial charge in [-0.2, -0.15) is 5.10 Å². The van der Waals surface area contributed by atoms with Crippen molar-refractivity contribution in [1.29, 1.82) is 0 Å². The Morgan fingerprint density at radius 3 is 2.80 bits per heavy atom. The molecular formula is C10H18N4O. The van der Waals surface area contributed by atoms with Crippen LogP contribution >= 0.6 is 0 Å². The molecule has 1 aromatic heterocycles. The Balaban J connectivity index is 2.56. The third-order valence-electron chi connectivity index (χ3n) is 1.87. The standard InChI is InChI=1S/C10H18N4O/c1-7(2)5-14-6-9(4-12-14)13-10(15)8(3)11/h4,6-8H,5,11H2,1-3H3,(H,13,15). The Labute approximate surface area is 89.6 Å². The van der Waals surface area contributed by atoms with Crippen molar-refractivity contribution in [3.63, 3.8) is 0 Å². The van der Waals surface area contributed by atoms with E-state index < -0.39 is 6.04 Å². The molecule has 0 spiro atoms. The zero-order valence-electron chi connectivity index (χ0n) is 9.40. The van der Waals surface area contributed by atoms with E-state index in [0.717, 1.165) is 6.54 Å². The van der Waals surface area contributed by atoms with Crippen LogP contribution in [0.1, 0.15) is 20.8 Å². The van der Waals surface area contributed by atoms with Crippen molar-refractivity contribution in [3.05, 3.63) is 12.4 Å². The third-order valence-corrected chi connectivity index (χ3v) is 1.87. The van der Waals surface area contributed by atoms with Crippen LogP contribution in [0.4, 0.5) is 5.69 Å². The quantitative estimate of drug-likeness (QED) is 0.773. The fourth-order valence-corrected chi connectivity index (χ4v) is 1.16. The average molecular weight is 210 g/mol. The van der Waals surface area contributed by atoms with E-state index in [1.165, 1.54) is 0 Å². The van der Waals surface area contributed by atoms with Crippen LogP contribution < -0.4 is 11.1 Å². The lowest BCUT2D eigenvalue weighted by Crippen LogP contribution is -2.32. The van der Waals surface area contributed by atoms with Crippen molar-refractivity contribution >= 4 is 11.6 Å². The molecule has 1 atom stereocenters. The molecule has 1 amide bonds. The highest BCUT2D eigenvalue weighted by molar-refractivity contribution is 5.94. The van der Waals surface area contributed by atoms with Crippen LogP contribution in [0.25, 0.3) is 0 Å². The largest absolute Gasteiger partial charge is 0.322 e. The zero-order chi connectivity index (χ0) is 11.4. The molecule has 1 rings (SSSR count). The Morgan fingerprint density at radius 2 is 2.27 bits per heavy atom. The highest BCUT2D eigenvalue weighted by Crippen LogP contribution is 2.07. The number of nitrogens with zero attached hydrogens (tertiary/aromatic N) is 2. The molecule has 0 aliphatic heterocycles. The number of anilines is 1. The predicted molar refractivity (Wildman–Crippen MR) is 59.3 cm³/mol. The van der Waals surface area contributed by atoms with Gasteiger partial charge in [0.25, 0.3) is 0 Å². The summed E-state index contributed by atoms with van der Waals surface area (Å²) in [6.07, 6.45) is 3.43. The van der Waals surface area contributed by atoms with Crippen LogP contribution in [-0.4, -0.2) is 21.7 Å². The van der Waals surface area contributed by atoms with Gasteiger partial charge >= 0.3 is 0 Å². The van der Waals surface area contributed by atoms with Crippen LogP contribution in [-0.2, 0) is 11.3 Å². The van der Waals surface area contributed by atoms with Crippen molar-refractivity contribution in [2.75, 3.05) is 5.32 Å². The molecule has 84 valence electrons. The number of amides is 1. The fraction of sp³-hybridized carbons (Fsp3) is 0.600. The van der Waals surface area contributed by atoms with Gasteiger partial charge in [-0.3, -0.25) is 9.48 Å². The number of hydrogen-bond acceptors (Lipinski definition) is 3. The molecule has 0 fully saturated rings. The highest BCUT2D eigenvalue weighted by Gasteiger charge is 2.08. The molecule has 1 heterocycles. The van der Waals surface area contributed by atoms with Gasteiger partial charge in [0.2, 0.25) is 5.91 Å². The van der Waals surface area contributed by atoms with Gasteiger partial charge in [-0.1, -0.05) is 13.8 Å². The average Bonchev–Trinajstić information content (AvgIpc) is 2.51. The lowest BCUT2D eigenvalue weighted by atomic mass is 10.2. The normalized spacial score (nSPS) is 12.9. The smallest absolute Gasteiger partial charge is 0.241 e. The van der Waals surface area contributed by atoms with Crippen LogP contribution in [0.3, 0.4) is 0 Å². The number of hydrogen-bond donors (Lipinski definition) is 2. The molecular weight excluding hydrogens is 192 g/mol. The second kappa shape index (κ2) is 4.93. The summed E-state index contributed by atoms with van der Waals surface area (Å²) in [5.74, 6) is 0.334. The van der Waals surface area contributed by atoms with Crippen LogP contribution in [0.5, 0.6) is 0 Å². The second-order valence-electron chi connectivity index (χ2n) is 4.12. The molecule has 0 bridgehead atoms. The maximum atomic E-state index is 11.3. The Kier molecular flexibility index (Phi) is 3.85. The first kappa shape index (κ1) is 11.7. The Bertz CT molecular complexity index is 330. The van der Waals surface area contributed by atoms with Gasteiger partial charge in [0.1, 0.15) is 0 Å². The van der Waals surface area contributed by atoms with Crippen molar-refractivity contribution in [2.45, 2.75) is 33.4 Å². The highest BCUT2D eigenvalue weighted by atomic mass is 16.2. The van der Waals surface area contributed by atoms with E-state index in [1.54, 1.807) is 19.3 Å². The number of carbonyl (C=O) groups is 1. The molecule has 1 unspecified atom stereocenters. The maximum Gasteiger partial charge on any atom is 0.241 e. The first-order chi connectivity index (χ1) is 6.99. The van der Waals surface area contributed by atoms with Crippen molar-refractivity contribution in [2.24, 2.45) is 11.7 Å². The molecule has 1 aromatic rings. The summed E-state index contributed by atoms with van der Waals surface area (Å²) < 4.78 is 1.81. The molecule has 0 aliphatic rings. The minimum atomic E-state index is -0.501. The Morgan fingerprint density at radius 1 is 1.60 bits per heavy atom. The molecule has 0 aliphatic carbocycles. The molecule has 0 aromatic carbocycles. The molecule has 0 saturated carbocycles. The molecule has 3 N–H and O–H groups in total. The maximum absolute atomic E-state index is 11.3. The zero-order valence-corrected chi connectivity index (χ0v) is 9.40. The number of carbonyl (C=O) groups excluding carboxylic acids is 1. The van der Waals surface area contributed by atoms with E-state index in [2.05, 4.69) is 24.3 Å². The summed E-state index contributed by atoms with van der Waals surface area (Å²) >= 11 is 0. The Hall–Kier alpha value is -1.36. The van der Waals surface area contributed by atoms with Crippen LogP contribution in [0, 0.1) is 5.92 Å². The van der Waals surface area contributed by atoms with Gasteiger partial charge in [-0.15, -0.1) is 0 Å². The molecule has 15 heavy (non-hydrogen) atoms. The van der Waals surface area contributed by atoms with E-state index >= 15 is 0 Å². The summed E-state index contributed by atoms with van der Waals surface area (Å²) in [5, 5.41) is 6.82. The van der Waals surface area contributed by atoms with Gasteiger partial charge in [-0.25, -0.2) is 0 Å². The first-order valence-corrected chi connectivity index (χ1v) is 5.08. The lowest BCUT2D eigenvalue weighted by Gasteiger charge is -2.05. The number of aromatic nitrogens is 2. The van der Waals surface area contributed by atoms with E-state index in [0.29, 0.717) is 11.6 Å². The minimum Gasteiger partial charge on any atom is -0.322 e. The summed E-state index contributed by atoms with van der Waals surface area (Å²) in [6.45, 7) is 6.71. The predicted octanol–water partition coefficient (Wildman–Crippen LogP) is 0.825. The topological polar surface area (TPSA) is 72.9 Å². The molecule has 0 radical (unpaired) electrons. The summed E-state index contributed by atoms with van der Waals surface area (Å²) in [7, 11) is 0. The molecule has 0 saturated heterocycles. The number of nitrogens with two attached hydrogens (primary N) is 1. The molecule has 5 nitrogen and oxygen atoms in total. The first-order valence-electron chi connectivity index (χ1n) is 5.08. The summed E-state index contributed by atoms with van der Waals surface area (Å²) in [4.78, 5) is 11.3. The number of nitrogens with one attached hydrogen (secondary N) is 1. The molecule has 5 heteroatoms. The fourth-order valence-electron chi connectivity index (χ4n) is 1.16. The third kappa shape index (κ3) is 3.71. The van der Waals surface area contributed by atoms with Crippen LogP contribution in [0.2, 0.25) is 0 Å². The minimum absolute atomic E-state index is 0.195. The van der Waals surface area contributed by atoms with E-state index in [9.17, 15) is 4.79 Å². The SMILES string of the molecule is CC(C)Cn1cc(NC(=O)C(C)N)cn1. The van der Waals surface area contributed by atoms with Gasteiger partial charge in [0, 0.05) is 12.7 Å². The van der Waals surface area contributed by atoms with E-state index in [1.807, 2.05) is 4.68 Å². The van der Waals surface area contributed by atoms with Gasteiger partial charge in [-0.05, 0) is 12.8 Å². The van der Waals surface area contributed by atoms with Crippen LogP contribution in [0.15, 0.2) is 12.4 Å². The lowest BCUT2D eigenvalue weighted by molar-refractivity contribution is -0.117.